The number of halogens is 1. The second kappa shape index (κ2) is 5.09. The third-order valence-electron chi connectivity index (χ3n) is 2.13. The van der Waals surface area contributed by atoms with E-state index in [-0.39, 0.29) is 6.61 Å². The smallest absolute Gasteiger partial charge is 0.227 e. The molecule has 0 aliphatic heterocycles. The normalized spacial score (nSPS) is 10.6. The lowest BCUT2D eigenvalue weighted by Crippen LogP contribution is -1.89. The van der Waals surface area contributed by atoms with Crippen LogP contribution in [0.5, 0.6) is 0 Å². The van der Waals surface area contributed by atoms with Crippen molar-refractivity contribution in [1.29, 1.82) is 0 Å². The molecule has 2 aromatic rings. The highest BCUT2D eigenvalue weighted by Gasteiger charge is 2.10. The van der Waals surface area contributed by atoms with Gasteiger partial charge in [-0.25, -0.2) is 0 Å². The number of rotatable bonds is 4. The van der Waals surface area contributed by atoms with E-state index in [1.54, 1.807) is 6.07 Å². The number of aromatic nitrogens is 2. The lowest BCUT2D eigenvalue weighted by molar-refractivity contribution is 0.278. The zero-order chi connectivity index (χ0) is 11.4. The summed E-state index contributed by atoms with van der Waals surface area (Å²) in [7, 11) is 0. The van der Waals surface area contributed by atoms with Crippen molar-refractivity contribution in [3.05, 3.63) is 35.2 Å². The van der Waals surface area contributed by atoms with E-state index in [1.807, 2.05) is 18.2 Å². The topological polar surface area (TPSA) is 59.2 Å². The van der Waals surface area contributed by atoms with Crippen LogP contribution in [0.25, 0.3) is 11.4 Å². The van der Waals surface area contributed by atoms with Crippen molar-refractivity contribution in [3.8, 4) is 11.4 Å². The molecule has 1 heterocycles. The third-order valence-corrected chi connectivity index (χ3v) is 2.46. The first-order valence-electron chi connectivity index (χ1n) is 4.99. The molecule has 4 nitrogen and oxygen atoms in total. The van der Waals surface area contributed by atoms with E-state index in [0.717, 1.165) is 5.56 Å². The van der Waals surface area contributed by atoms with Gasteiger partial charge < -0.3 is 9.63 Å². The number of aryl methyl sites for hydroxylation is 1. The summed E-state index contributed by atoms with van der Waals surface area (Å²) in [5, 5.41) is 13.1. The second-order valence-corrected chi connectivity index (χ2v) is 3.73. The maximum Gasteiger partial charge on any atom is 0.227 e. The zero-order valence-corrected chi connectivity index (χ0v) is 9.31. The molecule has 0 spiro atoms. The van der Waals surface area contributed by atoms with E-state index in [1.165, 1.54) is 0 Å². The van der Waals surface area contributed by atoms with Crippen molar-refractivity contribution in [2.24, 2.45) is 0 Å². The average molecular weight is 239 g/mol. The van der Waals surface area contributed by atoms with Crippen LogP contribution >= 0.6 is 11.6 Å². The van der Waals surface area contributed by atoms with Crippen LogP contribution in [-0.2, 0) is 6.42 Å². The number of hydrogen-bond acceptors (Lipinski definition) is 4. The molecule has 84 valence electrons. The SMILES string of the molecule is OCCCc1nc(-c2ccccc2Cl)no1. The number of benzene rings is 1. The molecule has 0 fully saturated rings. The van der Waals surface area contributed by atoms with Crippen molar-refractivity contribution in [1.82, 2.24) is 10.1 Å². The van der Waals surface area contributed by atoms with Crippen LogP contribution in [0.3, 0.4) is 0 Å². The molecule has 1 aromatic heterocycles. The molecule has 2 rings (SSSR count). The number of aliphatic hydroxyl groups is 1. The molecule has 0 saturated heterocycles. The van der Waals surface area contributed by atoms with Crippen LogP contribution in [-0.4, -0.2) is 21.9 Å². The predicted octanol–water partition coefficient (Wildman–Crippen LogP) is 2.31. The van der Waals surface area contributed by atoms with Gasteiger partial charge in [-0.15, -0.1) is 0 Å². The maximum absolute atomic E-state index is 8.68. The van der Waals surface area contributed by atoms with Gasteiger partial charge in [-0.2, -0.15) is 4.98 Å². The molecule has 0 atom stereocenters. The second-order valence-electron chi connectivity index (χ2n) is 3.32. The third kappa shape index (κ3) is 2.40. The lowest BCUT2D eigenvalue weighted by Gasteiger charge is -1.95. The molecule has 0 radical (unpaired) electrons. The molecule has 1 N–H and O–H groups in total. The molecule has 5 heteroatoms. The summed E-state index contributed by atoms with van der Waals surface area (Å²) in [5.41, 5.74) is 0.753. The predicted molar refractivity (Wildman–Crippen MR) is 60.2 cm³/mol. The summed E-state index contributed by atoms with van der Waals surface area (Å²) in [5.74, 6) is 1.00. The van der Waals surface area contributed by atoms with Gasteiger partial charge in [-0.3, -0.25) is 0 Å². The molecule has 0 amide bonds. The first-order valence-corrected chi connectivity index (χ1v) is 5.37. The fourth-order valence-electron chi connectivity index (χ4n) is 1.34. The highest BCUT2D eigenvalue weighted by molar-refractivity contribution is 6.33. The van der Waals surface area contributed by atoms with E-state index in [9.17, 15) is 0 Å². The summed E-state index contributed by atoms with van der Waals surface area (Å²) in [6.07, 6.45) is 1.19. The fraction of sp³-hybridized carbons (Fsp3) is 0.273. The fourth-order valence-corrected chi connectivity index (χ4v) is 1.56. The lowest BCUT2D eigenvalue weighted by atomic mass is 10.2. The van der Waals surface area contributed by atoms with Crippen molar-refractivity contribution in [3.63, 3.8) is 0 Å². The maximum atomic E-state index is 8.68. The van der Waals surface area contributed by atoms with Gasteiger partial charge in [0.1, 0.15) is 0 Å². The standard InChI is InChI=1S/C11H11ClN2O2/c12-9-5-2-1-4-8(9)11-13-10(16-14-11)6-3-7-15/h1-2,4-5,15H,3,6-7H2. The monoisotopic (exact) mass is 238 g/mol. The van der Waals surface area contributed by atoms with Gasteiger partial charge >= 0.3 is 0 Å². The highest BCUT2D eigenvalue weighted by Crippen LogP contribution is 2.24. The van der Waals surface area contributed by atoms with Gasteiger partial charge in [0.2, 0.25) is 11.7 Å². The van der Waals surface area contributed by atoms with Gasteiger partial charge in [0.15, 0.2) is 0 Å². The first-order chi connectivity index (χ1) is 7.81. The largest absolute Gasteiger partial charge is 0.396 e. The van der Waals surface area contributed by atoms with Crippen LogP contribution in [0.2, 0.25) is 5.02 Å². The Labute approximate surface area is 97.9 Å². The van der Waals surface area contributed by atoms with Crippen LogP contribution in [0.15, 0.2) is 28.8 Å². The van der Waals surface area contributed by atoms with Gasteiger partial charge in [-0.1, -0.05) is 28.9 Å². The van der Waals surface area contributed by atoms with Crippen molar-refractivity contribution in [2.75, 3.05) is 6.61 Å². The Bertz CT molecular complexity index is 471. The van der Waals surface area contributed by atoms with E-state index < -0.39 is 0 Å². The Balaban J connectivity index is 2.22. The van der Waals surface area contributed by atoms with Gasteiger partial charge in [0.05, 0.1) is 5.02 Å². The molecule has 0 bridgehead atoms. The van der Waals surface area contributed by atoms with E-state index >= 15 is 0 Å². The van der Waals surface area contributed by atoms with Crippen molar-refractivity contribution >= 4 is 11.6 Å². The van der Waals surface area contributed by atoms with Crippen LogP contribution in [0.4, 0.5) is 0 Å². The summed E-state index contributed by atoms with van der Waals surface area (Å²) >= 11 is 6.01. The van der Waals surface area contributed by atoms with Gasteiger partial charge in [0, 0.05) is 18.6 Å². The van der Waals surface area contributed by atoms with Crippen molar-refractivity contribution in [2.45, 2.75) is 12.8 Å². The summed E-state index contributed by atoms with van der Waals surface area (Å²) in [4.78, 5) is 4.21. The Morgan fingerprint density at radius 3 is 2.88 bits per heavy atom. The summed E-state index contributed by atoms with van der Waals surface area (Å²) in [6.45, 7) is 0.115. The van der Waals surface area contributed by atoms with Crippen LogP contribution < -0.4 is 0 Å². The average Bonchev–Trinajstić information content (AvgIpc) is 2.75. The molecule has 0 aliphatic rings. The number of nitrogens with zero attached hydrogens (tertiary/aromatic N) is 2. The molecular weight excluding hydrogens is 228 g/mol. The Morgan fingerprint density at radius 1 is 1.31 bits per heavy atom. The molecule has 16 heavy (non-hydrogen) atoms. The Kier molecular flexibility index (Phi) is 3.54. The van der Waals surface area contributed by atoms with E-state index in [0.29, 0.717) is 29.6 Å². The highest BCUT2D eigenvalue weighted by atomic mass is 35.5. The molecule has 0 saturated carbocycles. The molecular formula is C11H11ClN2O2. The zero-order valence-electron chi connectivity index (χ0n) is 8.56. The van der Waals surface area contributed by atoms with Gasteiger partial charge in [0.25, 0.3) is 0 Å². The number of hydrogen-bond donors (Lipinski definition) is 1. The Morgan fingerprint density at radius 2 is 2.12 bits per heavy atom. The van der Waals surface area contributed by atoms with Gasteiger partial charge in [-0.05, 0) is 18.6 Å². The van der Waals surface area contributed by atoms with Crippen LogP contribution in [0, 0.1) is 0 Å². The first kappa shape index (κ1) is 11.1. The quantitative estimate of drug-likeness (QED) is 0.888. The number of aliphatic hydroxyl groups excluding tert-OH is 1. The minimum Gasteiger partial charge on any atom is -0.396 e. The summed E-state index contributed by atoms with van der Waals surface area (Å²) in [6, 6.07) is 7.33. The van der Waals surface area contributed by atoms with E-state index in [2.05, 4.69) is 10.1 Å². The van der Waals surface area contributed by atoms with E-state index in [4.69, 9.17) is 21.2 Å². The van der Waals surface area contributed by atoms with Crippen molar-refractivity contribution < 1.29 is 9.63 Å². The molecule has 0 unspecified atom stereocenters. The van der Waals surface area contributed by atoms with Crippen LogP contribution in [0.1, 0.15) is 12.3 Å². The molecule has 0 aliphatic carbocycles. The molecule has 1 aromatic carbocycles. The minimum atomic E-state index is 0.115. The minimum absolute atomic E-state index is 0.115. The Hall–Kier alpha value is -1.39. The summed E-state index contributed by atoms with van der Waals surface area (Å²) < 4.78 is 5.05.